The molecule has 0 aliphatic carbocycles. The molecule has 5 nitrogen and oxygen atoms in total. The molecule has 3 N–H and O–H groups in total. The lowest BCUT2D eigenvalue weighted by Crippen LogP contribution is -2.19. The maximum absolute atomic E-state index is 11.8. The zero-order chi connectivity index (χ0) is 15.8. The quantitative estimate of drug-likeness (QED) is 0.780. The number of amides is 1. The monoisotopic (exact) mass is 304 g/mol. The van der Waals surface area contributed by atoms with Gasteiger partial charge in [-0.15, -0.1) is 0 Å². The van der Waals surface area contributed by atoms with Crippen molar-refractivity contribution in [2.75, 3.05) is 11.9 Å². The number of carbonyl (C=O) groups excluding carboxylic acids is 1. The highest BCUT2D eigenvalue weighted by molar-refractivity contribution is 6.01. The molecule has 4 rings (SSSR count). The summed E-state index contributed by atoms with van der Waals surface area (Å²) in [5, 5.41) is 4.12. The van der Waals surface area contributed by atoms with E-state index in [1.165, 1.54) is 0 Å². The lowest BCUT2D eigenvalue weighted by molar-refractivity contribution is 0.100. The van der Waals surface area contributed by atoms with E-state index in [9.17, 15) is 4.79 Å². The van der Waals surface area contributed by atoms with E-state index >= 15 is 0 Å². The van der Waals surface area contributed by atoms with E-state index in [-0.39, 0.29) is 6.04 Å². The molecule has 1 aliphatic rings. The Bertz CT molecular complexity index is 908. The molecule has 23 heavy (non-hydrogen) atoms. The number of pyridine rings is 1. The summed E-state index contributed by atoms with van der Waals surface area (Å²) in [7, 11) is 0. The van der Waals surface area contributed by atoms with Crippen molar-refractivity contribution < 1.29 is 9.53 Å². The summed E-state index contributed by atoms with van der Waals surface area (Å²) < 4.78 is 5.66. The number of hydrogen-bond acceptors (Lipinski definition) is 4. The third-order valence-corrected chi connectivity index (χ3v) is 3.94. The highest BCUT2D eigenvalue weighted by Crippen LogP contribution is 2.34. The first-order valence-corrected chi connectivity index (χ1v) is 7.31. The number of benzene rings is 2. The summed E-state index contributed by atoms with van der Waals surface area (Å²) in [4.78, 5) is 16.3. The van der Waals surface area contributed by atoms with E-state index in [1.54, 1.807) is 18.2 Å². The molecule has 1 unspecified atom stereocenters. The predicted octanol–water partition coefficient (Wildman–Crippen LogP) is 2.68. The summed E-state index contributed by atoms with van der Waals surface area (Å²) in [6, 6.07) is 17.9. The Balaban J connectivity index is 1.77. The lowest BCUT2D eigenvalue weighted by Gasteiger charge is -2.15. The third kappa shape index (κ3) is 2.36. The van der Waals surface area contributed by atoms with Crippen LogP contribution in [0.25, 0.3) is 10.9 Å². The molecule has 2 heterocycles. The number of primary amides is 1. The Kier molecular flexibility index (Phi) is 3.12. The van der Waals surface area contributed by atoms with Crippen molar-refractivity contribution in [1.82, 2.24) is 4.98 Å². The largest absolute Gasteiger partial charge is 0.491 e. The average molecular weight is 304 g/mol. The van der Waals surface area contributed by atoms with Gasteiger partial charge in [-0.1, -0.05) is 24.3 Å². The predicted molar refractivity (Wildman–Crippen MR) is 87.4 cm³/mol. The van der Waals surface area contributed by atoms with Gasteiger partial charge in [-0.2, -0.15) is 0 Å². The van der Waals surface area contributed by atoms with Crippen LogP contribution in [0.1, 0.15) is 22.0 Å². The number of ether oxygens (including phenoxy) is 1. The number of nitrogens with zero attached hydrogens (tertiary/aromatic N) is 1. The minimum atomic E-state index is -0.516. The summed E-state index contributed by atoms with van der Waals surface area (Å²) in [5.41, 5.74) is 7.70. The average Bonchev–Trinajstić information content (AvgIpc) is 2.97. The van der Waals surface area contributed by atoms with Gasteiger partial charge in [0.1, 0.15) is 18.2 Å². The van der Waals surface area contributed by atoms with Crippen LogP contribution in [0.4, 0.5) is 5.82 Å². The van der Waals surface area contributed by atoms with Crippen LogP contribution >= 0.6 is 0 Å². The van der Waals surface area contributed by atoms with Crippen molar-refractivity contribution in [3.63, 3.8) is 0 Å². The molecule has 1 aromatic heterocycles. The van der Waals surface area contributed by atoms with Gasteiger partial charge in [0.15, 0.2) is 0 Å². The normalized spacial score (nSPS) is 15.9. The maximum atomic E-state index is 11.8. The van der Waals surface area contributed by atoms with Crippen molar-refractivity contribution in [1.29, 1.82) is 0 Å². The molecular formula is C18H14N3O2. The number of nitrogens with two attached hydrogens (primary N) is 1. The van der Waals surface area contributed by atoms with Crippen molar-refractivity contribution in [3.05, 3.63) is 65.7 Å². The van der Waals surface area contributed by atoms with Crippen molar-refractivity contribution in [2.24, 2.45) is 5.73 Å². The molecule has 3 aromatic rings. The van der Waals surface area contributed by atoms with E-state index < -0.39 is 5.91 Å². The van der Waals surface area contributed by atoms with Crippen LogP contribution in [0.15, 0.2) is 48.5 Å². The molecule has 1 atom stereocenters. The van der Waals surface area contributed by atoms with Gasteiger partial charge >= 0.3 is 0 Å². The zero-order valence-corrected chi connectivity index (χ0v) is 12.2. The van der Waals surface area contributed by atoms with E-state index in [4.69, 9.17) is 10.5 Å². The summed E-state index contributed by atoms with van der Waals surface area (Å²) >= 11 is 0. The van der Waals surface area contributed by atoms with Crippen LogP contribution in [0, 0.1) is 6.07 Å². The number of nitrogens with one attached hydrogen (secondary N) is 1. The molecule has 0 bridgehead atoms. The number of rotatable bonds is 3. The van der Waals surface area contributed by atoms with Gasteiger partial charge in [0.05, 0.1) is 17.1 Å². The zero-order valence-electron chi connectivity index (χ0n) is 12.2. The second-order valence-electron chi connectivity index (χ2n) is 5.41. The number of hydrogen-bond donors (Lipinski definition) is 2. The summed E-state index contributed by atoms with van der Waals surface area (Å²) in [6.45, 7) is 0.486. The lowest BCUT2D eigenvalue weighted by atomic mass is 10.1. The van der Waals surface area contributed by atoms with Gasteiger partial charge in [0, 0.05) is 10.9 Å². The fourth-order valence-electron chi connectivity index (χ4n) is 2.80. The summed E-state index contributed by atoms with van der Waals surface area (Å²) in [6.07, 6.45) is 0. The van der Waals surface area contributed by atoms with Gasteiger partial charge in [-0.3, -0.25) is 4.79 Å². The standard InChI is InChI=1S/C18H14N3O2/c19-17(22)13-9-11-5-1-3-7-14(11)20-18(13)21-15-10-23-16-8-4-2-6-12(15)16/h2-9,15H,10H2,(H2,19,22)(H,20,21). The van der Waals surface area contributed by atoms with Crippen LogP contribution in [0.2, 0.25) is 0 Å². The van der Waals surface area contributed by atoms with Crippen LogP contribution in [0.5, 0.6) is 5.75 Å². The molecule has 0 spiro atoms. The first kappa shape index (κ1) is 13.6. The first-order valence-electron chi connectivity index (χ1n) is 7.31. The Hall–Kier alpha value is -3.08. The fourth-order valence-corrected chi connectivity index (χ4v) is 2.80. The minimum absolute atomic E-state index is 0.0653. The van der Waals surface area contributed by atoms with Gasteiger partial charge < -0.3 is 15.8 Å². The molecule has 1 aliphatic heterocycles. The molecule has 0 fully saturated rings. The van der Waals surface area contributed by atoms with Gasteiger partial charge in [0.2, 0.25) is 0 Å². The molecule has 0 saturated carbocycles. The first-order chi connectivity index (χ1) is 11.2. The van der Waals surface area contributed by atoms with Crippen molar-refractivity contribution in [2.45, 2.75) is 6.04 Å². The number of para-hydroxylation sites is 1. The van der Waals surface area contributed by atoms with E-state index in [1.807, 2.05) is 30.3 Å². The minimum Gasteiger partial charge on any atom is -0.491 e. The Morgan fingerprint density at radius 1 is 1.35 bits per heavy atom. The SMILES string of the molecule is NC(=O)c1cc2c[c]ccc2nc1NC1COc2ccccc21. The molecule has 5 heteroatoms. The fraction of sp³-hybridized carbons (Fsp3) is 0.111. The highest BCUT2D eigenvalue weighted by Gasteiger charge is 2.25. The number of anilines is 1. The van der Waals surface area contributed by atoms with Crippen molar-refractivity contribution in [3.8, 4) is 5.75 Å². The van der Waals surface area contributed by atoms with Gasteiger partial charge in [-0.25, -0.2) is 4.98 Å². The van der Waals surface area contributed by atoms with Crippen LogP contribution in [-0.4, -0.2) is 17.5 Å². The van der Waals surface area contributed by atoms with Crippen molar-refractivity contribution >= 4 is 22.6 Å². The molecule has 113 valence electrons. The second kappa shape index (κ2) is 5.28. The second-order valence-corrected chi connectivity index (χ2v) is 5.41. The molecule has 1 radical (unpaired) electrons. The molecule has 0 saturated heterocycles. The number of fused-ring (bicyclic) bond motifs is 2. The third-order valence-electron chi connectivity index (χ3n) is 3.94. The van der Waals surface area contributed by atoms with Crippen LogP contribution < -0.4 is 15.8 Å². The molecule has 1 amide bonds. The van der Waals surface area contributed by atoms with Gasteiger partial charge in [0.25, 0.3) is 5.91 Å². The van der Waals surface area contributed by atoms with Crippen LogP contribution in [-0.2, 0) is 0 Å². The van der Waals surface area contributed by atoms with Crippen LogP contribution in [0.3, 0.4) is 0 Å². The highest BCUT2D eigenvalue weighted by atomic mass is 16.5. The Morgan fingerprint density at radius 2 is 2.22 bits per heavy atom. The van der Waals surface area contributed by atoms with Gasteiger partial charge in [-0.05, 0) is 30.3 Å². The number of aromatic nitrogens is 1. The Morgan fingerprint density at radius 3 is 3.09 bits per heavy atom. The topological polar surface area (TPSA) is 77.2 Å². The van der Waals surface area contributed by atoms with E-state index in [0.717, 1.165) is 22.2 Å². The smallest absolute Gasteiger partial charge is 0.252 e. The Labute approximate surface area is 133 Å². The number of carbonyl (C=O) groups is 1. The maximum Gasteiger partial charge on any atom is 0.252 e. The van der Waals surface area contributed by atoms with E-state index in [0.29, 0.717) is 18.0 Å². The van der Waals surface area contributed by atoms with E-state index in [2.05, 4.69) is 16.4 Å². The molecule has 2 aromatic carbocycles. The summed E-state index contributed by atoms with van der Waals surface area (Å²) in [5.74, 6) is 0.806. The molecular weight excluding hydrogens is 290 g/mol.